The molecule has 0 unspecified atom stereocenters. The zero-order valence-electron chi connectivity index (χ0n) is 14.5. The van der Waals surface area contributed by atoms with Crippen LogP contribution in [0.3, 0.4) is 0 Å². The molecule has 2 aromatic heterocycles. The monoisotopic (exact) mass is 410 g/mol. The van der Waals surface area contributed by atoms with Gasteiger partial charge in [0, 0.05) is 35.1 Å². The molecule has 0 radical (unpaired) electrons. The fourth-order valence-electron chi connectivity index (χ4n) is 2.53. The number of nitrogens with one attached hydrogen (secondary N) is 1. The molecule has 7 nitrogen and oxygen atoms in total. The molecular formula is C17H14ClF3N6O. The summed E-state index contributed by atoms with van der Waals surface area (Å²) < 4.78 is 40.9. The second-order valence-electron chi connectivity index (χ2n) is 5.85. The van der Waals surface area contributed by atoms with Crippen molar-refractivity contribution in [2.24, 2.45) is 0 Å². The summed E-state index contributed by atoms with van der Waals surface area (Å²) in [4.78, 5) is 24.2. The Morgan fingerprint density at radius 2 is 2.07 bits per heavy atom. The maximum absolute atomic E-state index is 13.1. The number of hydrogen-bond donors (Lipinski definition) is 2. The third-order valence-electron chi connectivity index (χ3n) is 3.87. The first-order chi connectivity index (χ1) is 13.2. The Bertz CT molecular complexity index is 1030. The molecular weight excluding hydrogens is 397 g/mol. The lowest BCUT2D eigenvalue weighted by Gasteiger charge is -2.14. The van der Waals surface area contributed by atoms with E-state index in [1.165, 1.54) is 35.4 Å². The minimum atomic E-state index is -4.59. The van der Waals surface area contributed by atoms with E-state index < -0.39 is 24.2 Å². The van der Waals surface area contributed by atoms with Gasteiger partial charge >= 0.3 is 6.18 Å². The van der Waals surface area contributed by atoms with Crippen molar-refractivity contribution in [2.75, 3.05) is 5.73 Å². The van der Waals surface area contributed by atoms with Crippen LogP contribution in [0.15, 0.2) is 36.9 Å². The van der Waals surface area contributed by atoms with Crippen LogP contribution < -0.4 is 11.1 Å². The molecule has 0 fully saturated rings. The summed E-state index contributed by atoms with van der Waals surface area (Å²) >= 11 is 5.88. The lowest BCUT2D eigenvalue weighted by molar-refractivity contribution is -0.138. The molecule has 0 spiro atoms. The summed E-state index contributed by atoms with van der Waals surface area (Å²) in [5.74, 6) is -0.172. The molecule has 0 aliphatic carbocycles. The molecule has 3 rings (SSSR count). The van der Waals surface area contributed by atoms with Gasteiger partial charge in [-0.15, -0.1) is 0 Å². The Morgan fingerprint density at radius 1 is 1.32 bits per heavy atom. The van der Waals surface area contributed by atoms with Crippen LogP contribution in [0.1, 0.15) is 27.2 Å². The highest BCUT2D eigenvalue weighted by Crippen LogP contribution is 2.34. The Hall–Kier alpha value is -3.14. The van der Waals surface area contributed by atoms with E-state index in [0.717, 1.165) is 6.07 Å². The zero-order chi connectivity index (χ0) is 20.5. The van der Waals surface area contributed by atoms with E-state index in [-0.39, 0.29) is 22.2 Å². The van der Waals surface area contributed by atoms with Gasteiger partial charge in [-0.2, -0.15) is 18.2 Å². The van der Waals surface area contributed by atoms with Gasteiger partial charge in [0.05, 0.1) is 5.56 Å². The summed E-state index contributed by atoms with van der Waals surface area (Å²) in [6.45, 7) is 1.35. The molecule has 3 aromatic rings. The molecule has 3 N–H and O–H groups in total. The number of carbonyl (C=O) groups is 1. The second-order valence-corrected chi connectivity index (χ2v) is 6.25. The predicted octanol–water partition coefficient (Wildman–Crippen LogP) is 3.16. The van der Waals surface area contributed by atoms with Crippen LogP contribution in [0.2, 0.25) is 5.02 Å². The van der Waals surface area contributed by atoms with Gasteiger partial charge in [-0.25, -0.2) is 9.97 Å². The highest BCUT2D eigenvalue weighted by molar-refractivity contribution is 6.31. The van der Waals surface area contributed by atoms with Gasteiger partial charge < -0.3 is 11.1 Å². The number of benzene rings is 1. The number of hydrogen-bond acceptors (Lipinski definition) is 5. The zero-order valence-corrected chi connectivity index (χ0v) is 15.2. The Labute approximate surface area is 162 Å². The average Bonchev–Trinajstić information content (AvgIpc) is 3.11. The van der Waals surface area contributed by atoms with E-state index in [1.807, 2.05) is 0 Å². The van der Waals surface area contributed by atoms with E-state index in [4.69, 9.17) is 17.3 Å². The topological polar surface area (TPSA) is 98.7 Å². The Balaban J connectivity index is 1.79. The molecule has 1 aromatic carbocycles. The number of aromatic nitrogens is 4. The average molecular weight is 411 g/mol. The number of anilines is 1. The van der Waals surface area contributed by atoms with Gasteiger partial charge in [0.1, 0.15) is 17.8 Å². The summed E-state index contributed by atoms with van der Waals surface area (Å²) in [6, 6.07) is 3.44. The van der Waals surface area contributed by atoms with Gasteiger partial charge in [0.15, 0.2) is 0 Å². The standard InChI is InChI=1S/C17H14ClF3N6O/c1-9-5-24-16(22)26-14(9)27-7-13(25-8-27)15(28)23-6-10-11(17(19,20)21)3-2-4-12(10)18/h2-5,7-8H,6H2,1H3,(H,23,28)(H2,22,24,26). The maximum atomic E-state index is 13.1. The first-order valence-corrected chi connectivity index (χ1v) is 8.31. The van der Waals surface area contributed by atoms with Crippen molar-refractivity contribution in [2.45, 2.75) is 19.6 Å². The van der Waals surface area contributed by atoms with E-state index in [2.05, 4.69) is 20.3 Å². The third kappa shape index (κ3) is 4.06. The van der Waals surface area contributed by atoms with Crippen LogP contribution >= 0.6 is 11.6 Å². The summed E-state index contributed by atoms with van der Waals surface area (Å²) in [7, 11) is 0. The summed E-state index contributed by atoms with van der Waals surface area (Å²) in [5, 5.41) is 2.31. The third-order valence-corrected chi connectivity index (χ3v) is 4.23. The first-order valence-electron chi connectivity index (χ1n) is 7.93. The smallest absolute Gasteiger partial charge is 0.368 e. The maximum Gasteiger partial charge on any atom is 0.416 e. The molecule has 11 heteroatoms. The molecule has 28 heavy (non-hydrogen) atoms. The van der Waals surface area contributed by atoms with Gasteiger partial charge in [0.2, 0.25) is 5.95 Å². The van der Waals surface area contributed by atoms with Crippen LogP contribution in [-0.4, -0.2) is 25.4 Å². The van der Waals surface area contributed by atoms with Crippen molar-refractivity contribution in [1.82, 2.24) is 24.8 Å². The van der Waals surface area contributed by atoms with Crippen molar-refractivity contribution >= 4 is 23.5 Å². The molecule has 0 atom stereocenters. The number of aryl methyl sites for hydroxylation is 1. The molecule has 2 heterocycles. The van der Waals surface area contributed by atoms with Crippen LogP contribution in [0, 0.1) is 6.92 Å². The number of carbonyl (C=O) groups excluding carboxylic acids is 1. The fourth-order valence-corrected chi connectivity index (χ4v) is 2.77. The lowest BCUT2D eigenvalue weighted by Crippen LogP contribution is -2.25. The Morgan fingerprint density at radius 3 is 2.79 bits per heavy atom. The number of alkyl halides is 3. The number of amides is 1. The van der Waals surface area contributed by atoms with Crippen molar-refractivity contribution < 1.29 is 18.0 Å². The molecule has 0 saturated heterocycles. The number of imidazole rings is 1. The van der Waals surface area contributed by atoms with E-state index in [1.54, 1.807) is 6.92 Å². The SMILES string of the molecule is Cc1cnc(N)nc1-n1cnc(C(=O)NCc2c(Cl)cccc2C(F)(F)F)c1. The first kappa shape index (κ1) is 19.6. The lowest BCUT2D eigenvalue weighted by atomic mass is 10.1. The molecule has 1 amide bonds. The van der Waals surface area contributed by atoms with E-state index in [0.29, 0.717) is 11.4 Å². The quantitative estimate of drug-likeness (QED) is 0.688. The van der Waals surface area contributed by atoms with Crippen molar-refractivity contribution in [1.29, 1.82) is 0 Å². The van der Waals surface area contributed by atoms with Gasteiger partial charge in [0.25, 0.3) is 5.91 Å². The van der Waals surface area contributed by atoms with Crippen LogP contribution in [-0.2, 0) is 12.7 Å². The van der Waals surface area contributed by atoms with Crippen LogP contribution in [0.4, 0.5) is 19.1 Å². The molecule has 146 valence electrons. The summed E-state index contributed by atoms with van der Waals surface area (Å²) in [6.07, 6.45) is -0.327. The highest BCUT2D eigenvalue weighted by atomic mass is 35.5. The number of nitrogen functional groups attached to an aromatic ring is 1. The molecule has 0 aliphatic heterocycles. The van der Waals surface area contributed by atoms with Crippen LogP contribution in [0.25, 0.3) is 5.82 Å². The molecule has 0 saturated carbocycles. The number of rotatable bonds is 4. The van der Waals surface area contributed by atoms with Crippen molar-refractivity contribution in [3.8, 4) is 5.82 Å². The van der Waals surface area contributed by atoms with Gasteiger partial charge in [-0.3, -0.25) is 9.36 Å². The van der Waals surface area contributed by atoms with Gasteiger partial charge in [-0.05, 0) is 19.1 Å². The largest absolute Gasteiger partial charge is 0.416 e. The molecule has 0 bridgehead atoms. The van der Waals surface area contributed by atoms with E-state index in [9.17, 15) is 18.0 Å². The minimum absolute atomic E-state index is 0.00260. The highest BCUT2D eigenvalue weighted by Gasteiger charge is 2.34. The van der Waals surface area contributed by atoms with Crippen molar-refractivity contribution in [3.63, 3.8) is 0 Å². The fraction of sp³-hybridized carbons (Fsp3) is 0.176. The Kier molecular flexibility index (Phi) is 5.23. The predicted molar refractivity (Wildman–Crippen MR) is 95.9 cm³/mol. The van der Waals surface area contributed by atoms with E-state index >= 15 is 0 Å². The molecule has 0 aliphatic rings. The normalized spacial score (nSPS) is 11.5. The second kappa shape index (κ2) is 7.47. The number of nitrogens with zero attached hydrogens (tertiary/aromatic N) is 4. The van der Waals surface area contributed by atoms with Gasteiger partial charge in [-0.1, -0.05) is 17.7 Å². The summed E-state index contributed by atoms with van der Waals surface area (Å²) in [5.41, 5.74) is 5.14. The van der Waals surface area contributed by atoms with Crippen LogP contribution in [0.5, 0.6) is 0 Å². The minimum Gasteiger partial charge on any atom is -0.368 e. The van der Waals surface area contributed by atoms with Crippen molar-refractivity contribution in [3.05, 3.63) is 64.3 Å². The number of halogens is 4. The number of nitrogens with two attached hydrogens (primary N) is 1.